The molecule has 2 rings (SSSR count). The van der Waals surface area contributed by atoms with Crippen molar-refractivity contribution in [3.05, 3.63) is 0 Å². The summed E-state index contributed by atoms with van der Waals surface area (Å²) in [5, 5.41) is 8.89. The van der Waals surface area contributed by atoms with Gasteiger partial charge in [0.1, 0.15) is 6.04 Å². The van der Waals surface area contributed by atoms with Crippen molar-refractivity contribution in [2.45, 2.75) is 63.6 Å². The highest BCUT2D eigenvalue weighted by Gasteiger charge is 2.39. The predicted octanol–water partition coefficient (Wildman–Crippen LogP) is 1.76. The van der Waals surface area contributed by atoms with Crippen molar-refractivity contribution in [1.29, 1.82) is 5.26 Å². The lowest BCUT2D eigenvalue weighted by Gasteiger charge is -2.46. The van der Waals surface area contributed by atoms with Crippen molar-refractivity contribution in [1.82, 2.24) is 9.80 Å². The van der Waals surface area contributed by atoms with E-state index < -0.39 is 0 Å². The van der Waals surface area contributed by atoms with Crippen LogP contribution in [0.15, 0.2) is 0 Å². The molecule has 0 aromatic rings. The predicted molar refractivity (Wildman–Crippen MR) is 69.8 cm³/mol. The fraction of sp³-hybridized carbons (Fsp3) is 0.857. The first-order valence-electron chi connectivity index (χ1n) is 7.04. The molecule has 2 fully saturated rings. The number of nitrogens with zero attached hydrogens (tertiary/aromatic N) is 3. The van der Waals surface area contributed by atoms with Crippen molar-refractivity contribution in [2.75, 3.05) is 13.6 Å². The SMILES string of the molecule is CC1CN(C2CCCCC2)C(=O)C(CC#N)N1C. The van der Waals surface area contributed by atoms with Crippen LogP contribution in [0.3, 0.4) is 0 Å². The fourth-order valence-electron chi connectivity index (χ4n) is 3.22. The Morgan fingerprint density at radius 3 is 2.61 bits per heavy atom. The van der Waals surface area contributed by atoms with Crippen LogP contribution in [0, 0.1) is 11.3 Å². The molecular weight excluding hydrogens is 226 g/mol. The first-order chi connectivity index (χ1) is 8.65. The fourth-order valence-corrected chi connectivity index (χ4v) is 3.22. The summed E-state index contributed by atoms with van der Waals surface area (Å²) in [5.74, 6) is 0.170. The number of nitriles is 1. The Bertz CT molecular complexity index is 343. The van der Waals surface area contributed by atoms with E-state index in [2.05, 4.69) is 22.8 Å². The van der Waals surface area contributed by atoms with Gasteiger partial charge in [0.25, 0.3) is 0 Å². The molecule has 0 N–H and O–H groups in total. The van der Waals surface area contributed by atoms with Crippen LogP contribution in [0.25, 0.3) is 0 Å². The average Bonchev–Trinajstić information content (AvgIpc) is 2.40. The summed E-state index contributed by atoms with van der Waals surface area (Å²) in [6.45, 7) is 2.97. The van der Waals surface area contributed by atoms with E-state index in [1.54, 1.807) is 0 Å². The van der Waals surface area contributed by atoms with Crippen LogP contribution in [-0.4, -0.2) is 47.4 Å². The van der Waals surface area contributed by atoms with Gasteiger partial charge in [-0.3, -0.25) is 9.69 Å². The van der Waals surface area contributed by atoms with Gasteiger partial charge in [-0.05, 0) is 26.8 Å². The lowest BCUT2D eigenvalue weighted by molar-refractivity contribution is -0.147. The zero-order valence-corrected chi connectivity index (χ0v) is 11.4. The maximum atomic E-state index is 12.5. The molecule has 1 saturated carbocycles. The Hall–Kier alpha value is -1.08. The minimum Gasteiger partial charge on any atom is -0.337 e. The second kappa shape index (κ2) is 5.71. The van der Waals surface area contributed by atoms with Gasteiger partial charge in [0.2, 0.25) is 5.91 Å². The largest absolute Gasteiger partial charge is 0.337 e. The first-order valence-corrected chi connectivity index (χ1v) is 7.04. The van der Waals surface area contributed by atoms with Gasteiger partial charge in [-0.1, -0.05) is 19.3 Å². The van der Waals surface area contributed by atoms with Crippen molar-refractivity contribution >= 4 is 5.91 Å². The van der Waals surface area contributed by atoms with E-state index in [9.17, 15) is 4.79 Å². The molecule has 1 heterocycles. The molecule has 1 saturated heterocycles. The summed E-state index contributed by atoms with van der Waals surface area (Å²) in [6, 6.07) is 2.69. The Labute approximate surface area is 110 Å². The highest BCUT2D eigenvalue weighted by molar-refractivity contribution is 5.83. The number of rotatable bonds is 2. The second-order valence-corrected chi connectivity index (χ2v) is 5.67. The Morgan fingerprint density at radius 2 is 2.00 bits per heavy atom. The van der Waals surface area contributed by atoms with Crippen LogP contribution >= 0.6 is 0 Å². The van der Waals surface area contributed by atoms with Crippen molar-refractivity contribution < 1.29 is 4.79 Å². The number of piperazine rings is 1. The topological polar surface area (TPSA) is 47.3 Å². The average molecular weight is 249 g/mol. The standard InChI is InChI=1S/C14H23N3O/c1-11-10-17(12-6-4-3-5-7-12)14(18)13(8-9-15)16(11)2/h11-13H,3-8,10H2,1-2H3. The molecule has 2 aliphatic rings. The van der Waals surface area contributed by atoms with E-state index in [1.165, 1.54) is 19.3 Å². The van der Waals surface area contributed by atoms with E-state index in [4.69, 9.17) is 5.26 Å². The molecule has 100 valence electrons. The molecule has 18 heavy (non-hydrogen) atoms. The van der Waals surface area contributed by atoms with E-state index in [1.807, 2.05) is 7.05 Å². The number of carbonyl (C=O) groups excluding carboxylic acids is 1. The van der Waals surface area contributed by atoms with Gasteiger partial charge >= 0.3 is 0 Å². The molecule has 4 nitrogen and oxygen atoms in total. The van der Waals surface area contributed by atoms with Crippen LogP contribution in [-0.2, 0) is 4.79 Å². The van der Waals surface area contributed by atoms with E-state index in [-0.39, 0.29) is 11.9 Å². The van der Waals surface area contributed by atoms with Gasteiger partial charge < -0.3 is 4.90 Å². The first kappa shape index (κ1) is 13.4. The Balaban J connectivity index is 2.10. The van der Waals surface area contributed by atoms with Crippen LogP contribution in [0.1, 0.15) is 45.4 Å². The zero-order chi connectivity index (χ0) is 13.1. The molecule has 0 spiro atoms. The molecule has 0 aromatic heterocycles. The summed E-state index contributed by atoms with van der Waals surface area (Å²) in [6.07, 6.45) is 6.37. The number of carbonyl (C=O) groups is 1. The van der Waals surface area contributed by atoms with Gasteiger partial charge in [-0.2, -0.15) is 5.26 Å². The molecule has 2 unspecified atom stereocenters. The normalized spacial score (nSPS) is 31.4. The molecule has 1 aliphatic heterocycles. The third-order valence-corrected chi connectivity index (χ3v) is 4.52. The summed E-state index contributed by atoms with van der Waals surface area (Å²) in [5.41, 5.74) is 0. The van der Waals surface area contributed by atoms with Gasteiger partial charge in [-0.15, -0.1) is 0 Å². The van der Waals surface area contributed by atoms with Gasteiger partial charge in [0.15, 0.2) is 0 Å². The third kappa shape index (κ3) is 2.51. The molecule has 2 atom stereocenters. The summed E-state index contributed by atoms with van der Waals surface area (Å²) < 4.78 is 0. The van der Waals surface area contributed by atoms with E-state index in [0.29, 0.717) is 18.5 Å². The van der Waals surface area contributed by atoms with Gasteiger partial charge in [-0.25, -0.2) is 0 Å². The lowest BCUT2D eigenvalue weighted by Crippen LogP contribution is -2.62. The summed E-state index contributed by atoms with van der Waals surface area (Å²) in [7, 11) is 1.96. The minimum absolute atomic E-state index is 0.170. The quantitative estimate of drug-likeness (QED) is 0.749. The summed E-state index contributed by atoms with van der Waals surface area (Å²) >= 11 is 0. The molecule has 4 heteroatoms. The maximum Gasteiger partial charge on any atom is 0.241 e. The number of amides is 1. The second-order valence-electron chi connectivity index (χ2n) is 5.67. The van der Waals surface area contributed by atoms with Crippen LogP contribution in [0.4, 0.5) is 0 Å². The summed E-state index contributed by atoms with van der Waals surface area (Å²) in [4.78, 5) is 16.6. The highest BCUT2D eigenvalue weighted by atomic mass is 16.2. The van der Waals surface area contributed by atoms with Crippen molar-refractivity contribution in [3.63, 3.8) is 0 Å². The van der Waals surface area contributed by atoms with Gasteiger partial charge in [0.05, 0.1) is 12.5 Å². The lowest BCUT2D eigenvalue weighted by atomic mass is 9.92. The molecule has 1 aliphatic carbocycles. The van der Waals surface area contributed by atoms with E-state index >= 15 is 0 Å². The molecular formula is C14H23N3O. The van der Waals surface area contributed by atoms with Crippen LogP contribution in [0.2, 0.25) is 0 Å². The van der Waals surface area contributed by atoms with E-state index in [0.717, 1.165) is 19.4 Å². The number of likely N-dealkylation sites (N-methyl/N-ethyl adjacent to an activating group) is 1. The molecule has 0 aromatic carbocycles. The Morgan fingerprint density at radius 1 is 1.33 bits per heavy atom. The third-order valence-electron chi connectivity index (χ3n) is 4.52. The van der Waals surface area contributed by atoms with Crippen molar-refractivity contribution in [3.8, 4) is 6.07 Å². The maximum absolute atomic E-state index is 12.5. The minimum atomic E-state index is -0.235. The molecule has 0 radical (unpaired) electrons. The van der Waals surface area contributed by atoms with Crippen LogP contribution < -0.4 is 0 Å². The number of hydrogen-bond acceptors (Lipinski definition) is 3. The van der Waals surface area contributed by atoms with Crippen LogP contribution in [0.5, 0.6) is 0 Å². The van der Waals surface area contributed by atoms with Crippen molar-refractivity contribution in [2.24, 2.45) is 0 Å². The number of hydrogen-bond donors (Lipinski definition) is 0. The highest BCUT2D eigenvalue weighted by Crippen LogP contribution is 2.27. The molecule has 1 amide bonds. The zero-order valence-electron chi connectivity index (χ0n) is 11.4. The van der Waals surface area contributed by atoms with Gasteiger partial charge in [0, 0.05) is 18.6 Å². The monoisotopic (exact) mass is 249 g/mol. The molecule has 0 bridgehead atoms. The Kier molecular flexibility index (Phi) is 4.23. The smallest absolute Gasteiger partial charge is 0.241 e.